The lowest BCUT2D eigenvalue weighted by molar-refractivity contribution is -0.117. The molecule has 1 saturated heterocycles. The van der Waals surface area contributed by atoms with Crippen molar-refractivity contribution in [3.63, 3.8) is 0 Å². The van der Waals surface area contributed by atoms with E-state index in [-0.39, 0.29) is 4.75 Å². The fraction of sp³-hybridized carbons (Fsp3) is 0.667. The van der Waals surface area contributed by atoms with Crippen molar-refractivity contribution < 1.29 is 4.79 Å². The number of ketones is 1. The predicted molar refractivity (Wildman–Crippen MR) is 78.0 cm³/mol. The van der Waals surface area contributed by atoms with E-state index < -0.39 is 10.0 Å². The number of allylic oxidation sites excluding steroid dienone is 4. The Labute approximate surface area is 107 Å². The number of hydrogen-bond acceptors (Lipinski definition) is 1. The monoisotopic (exact) mass is 252 g/mol. The lowest BCUT2D eigenvalue weighted by Gasteiger charge is -2.46. The smallest absolute Gasteiger partial charge is 0.172 e. The van der Waals surface area contributed by atoms with Gasteiger partial charge in [-0.25, -0.2) is 10.0 Å². The van der Waals surface area contributed by atoms with Gasteiger partial charge in [0, 0.05) is 0 Å². The maximum atomic E-state index is 12.7. The van der Waals surface area contributed by atoms with Gasteiger partial charge in [0.05, 0.1) is 4.75 Å². The van der Waals surface area contributed by atoms with Crippen LogP contribution >= 0.6 is 10.0 Å². The van der Waals surface area contributed by atoms with Crippen LogP contribution in [-0.4, -0.2) is 28.3 Å². The van der Waals surface area contributed by atoms with Crippen molar-refractivity contribution >= 4 is 15.8 Å². The molecule has 2 heteroatoms. The van der Waals surface area contributed by atoms with Gasteiger partial charge in [-0.2, -0.15) is 0 Å². The summed E-state index contributed by atoms with van der Waals surface area (Å²) in [6.07, 6.45) is 13.2. The molecule has 0 unspecified atom stereocenters. The molecule has 0 atom stereocenters. The molecule has 0 saturated carbocycles. The Kier molecular flexibility index (Phi) is 3.53. The first-order valence-electron chi connectivity index (χ1n) is 6.59. The van der Waals surface area contributed by atoms with Gasteiger partial charge in [-0.05, 0) is 62.9 Å². The lowest BCUT2D eigenvalue weighted by atomic mass is 9.94. The van der Waals surface area contributed by atoms with E-state index in [1.54, 1.807) is 0 Å². The molecular formula is C15H24OS. The van der Waals surface area contributed by atoms with Crippen molar-refractivity contribution in [2.75, 3.05) is 17.8 Å². The average molecular weight is 252 g/mol. The van der Waals surface area contributed by atoms with Gasteiger partial charge in [-0.15, -0.1) is 0 Å². The highest BCUT2D eigenvalue weighted by molar-refractivity contribution is 8.34. The van der Waals surface area contributed by atoms with Crippen LogP contribution in [0.15, 0.2) is 23.8 Å². The molecule has 1 nitrogen and oxygen atoms in total. The van der Waals surface area contributed by atoms with Crippen molar-refractivity contribution in [1.82, 2.24) is 0 Å². The standard InChI is InChI=1S/C15H24OS/c1-15(2,17(3)11-7-8-12-17)14(16)13-9-5-4-6-10-13/h4-5,10H,6-9,11-12H2,1-3H3. The van der Waals surface area contributed by atoms with Crippen molar-refractivity contribution in [1.29, 1.82) is 0 Å². The van der Waals surface area contributed by atoms with Gasteiger partial charge < -0.3 is 0 Å². The second-order valence-electron chi connectivity index (χ2n) is 5.87. The zero-order chi connectivity index (χ0) is 12.5. The number of carbonyl (C=O) groups is 1. The molecule has 17 heavy (non-hydrogen) atoms. The second-order valence-corrected chi connectivity index (χ2v) is 10.3. The van der Waals surface area contributed by atoms with Crippen LogP contribution in [0, 0.1) is 0 Å². The second kappa shape index (κ2) is 4.64. The van der Waals surface area contributed by atoms with Crippen LogP contribution in [0.4, 0.5) is 0 Å². The van der Waals surface area contributed by atoms with E-state index in [4.69, 9.17) is 0 Å². The SMILES string of the molecule is CC(C)(C(=O)C1=CCC=CC1)S1(C)CCCC1. The summed E-state index contributed by atoms with van der Waals surface area (Å²) in [5, 5.41) is 0. The molecule has 1 aliphatic heterocycles. The highest BCUT2D eigenvalue weighted by Crippen LogP contribution is 2.61. The summed E-state index contributed by atoms with van der Waals surface area (Å²) in [5.74, 6) is 2.99. The Morgan fingerprint density at radius 3 is 2.41 bits per heavy atom. The van der Waals surface area contributed by atoms with Crippen LogP contribution < -0.4 is 0 Å². The van der Waals surface area contributed by atoms with Gasteiger partial charge in [-0.3, -0.25) is 4.79 Å². The van der Waals surface area contributed by atoms with E-state index in [0.29, 0.717) is 5.78 Å². The first-order valence-corrected chi connectivity index (χ1v) is 8.97. The molecule has 0 aromatic rings. The summed E-state index contributed by atoms with van der Waals surface area (Å²) in [6, 6.07) is 0. The Morgan fingerprint density at radius 1 is 1.24 bits per heavy atom. The lowest BCUT2D eigenvalue weighted by Crippen LogP contribution is -2.39. The molecule has 0 aromatic carbocycles. The van der Waals surface area contributed by atoms with E-state index in [2.05, 4.69) is 38.3 Å². The van der Waals surface area contributed by atoms with Crippen molar-refractivity contribution in [3.05, 3.63) is 23.8 Å². The van der Waals surface area contributed by atoms with Crippen LogP contribution in [0.1, 0.15) is 39.5 Å². The molecular weight excluding hydrogens is 228 g/mol. The van der Waals surface area contributed by atoms with Gasteiger partial charge >= 0.3 is 0 Å². The minimum atomic E-state index is -0.745. The largest absolute Gasteiger partial charge is 0.293 e. The van der Waals surface area contributed by atoms with Crippen molar-refractivity contribution in [2.24, 2.45) is 0 Å². The van der Waals surface area contributed by atoms with E-state index in [9.17, 15) is 4.79 Å². The third-order valence-electron chi connectivity index (χ3n) is 4.51. The fourth-order valence-corrected chi connectivity index (χ4v) is 6.34. The third kappa shape index (κ3) is 2.24. The molecule has 1 heterocycles. The molecule has 96 valence electrons. The van der Waals surface area contributed by atoms with Crippen LogP contribution in [-0.2, 0) is 4.79 Å². The Balaban J connectivity index is 2.20. The Bertz CT molecular complexity index is 370. The summed E-state index contributed by atoms with van der Waals surface area (Å²) < 4.78 is -0.124. The molecule has 0 N–H and O–H groups in total. The Hall–Kier alpha value is -0.500. The van der Waals surface area contributed by atoms with Crippen LogP contribution in [0.3, 0.4) is 0 Å². The van der Waals surface area contributed by atoms with E-state index in [0.717, 1.165) is 18.4 Å². The van der Waals surface area contributed by atoms with Crippen molar-refractivity contribution in [2.45, 2.75) is 44.3 Å². The predicted octanol–water partition coefficient (Wildman–Crippen LogP) is 3.84. The van der Waals surface area contributed by atoms with E-state index >= 15 is 0 Å². The topological polar surface area (TPSA) is 17.1 Å². The molecule has 1 fully saturated rings. The molecule has 2 rings (SSSR count). The minimum absolute atomic E-state index is 0.124. The maximum Gasteiger partial charge on any atom is 0.172 e. The number of carbonyl (C=O) groups excluding carboxylic acids is 1. The summed E-state index contributed by atoms with van der Waals surface area (Å²) in [6.45, 7) is 4.38. The number of rotatable bonds is 3. The fourth-order valence-electron chi connectivity index (χ4n) is 2.85. The van der Waals surface area contributed by atoms with Gasteiger partial charge in [0.2, 0.25) is 0 Å². The molecule has 0 spiro atoms. The van der Waals surface area contributed by atoms with E-state index in [1.165, 1.54) is 24.3 Å². The van der Waals surface area contributed by atoms with Crippen LogP contribution in [0.5, 0.6) is 0 Å². The zero-order valence-corrected chi connectivity index (χ0v) is 12.1. The number of Topliss-reactive ketones (excluding diaryl/α,β-unsaturated/α-hetero) is 1. The van der Waals surface area contributed by atoms with Gasteiger partial charge in [0.1, 0.15) is 0 Å². The third-order valence-corrected chi connectivity index (χ3v) is 9.54. The summed E-state index contributed by atoms with van der Waals surface area (Å²) in [5.41, 5.74) is 1.05. The Morgan fingerprint density at radius 2 is 1.88 bits per heavy atom. The highest BCUT2D eigenvalue weighted by atomic mass is 32.3. The maximum absolute atomic E-state index is 12.7. The normalized spacial score (nSPS) is 25.5. The summed E-state index contributed by atoms with van der Waals surface area (Å²) in [4.78, 5) is 12.7. The molecule has 0 aromatic heterocycles. The summed E-state index contributed by atoms with van der Waals surface area (Å²) >= 11 is 0. The van der Waals surface area contributed by atoms with Gasteiger partial charge in [-0.1, -0.05) is 18.2 Å². The average Bonchev–Trinajstić information content (AvgIpc) is 2.78. The van der Waals surface area contributed by atoms with Gasteiger partial charge in [0.15, 0.2) is 5.78 Å². The zero-order valence-electron chi connectivity index (χ0n) is 11.3. The highest BCUT2D eigenvalue weighted by Gasteiger charge is 2.44. The van der Waals surface area contributed by atoms with Crippen molar-refractivity contribution in [3.8, 4) is 0 Å². The minimum Gasteiger partial charge on any atom is -0.293 e. The molecule has 0 radical (unpaired) electrons. The molecule has 0 amide bonds. The first kappa shape index (κ1) is 12.9. The molecule has 2 aliphatic rings. The van der Waals surface area contributed by atoms with Crippen LogP contribution in [0.2, 0.25) is 0 Å². The molecule has 0 bridgehead atoms. The van der Waals surface area contributed by atoms with Gasteiger partial charge in [0.25, 0.3) is 0 Å². The summed E-state index contributed by atoms with van der Waals surface area (Å²) in [7, 11) is -0.745. The molecule has 1 aliphatic carbocycles. The number of hydrogen-bond donors (Lipinski definition) is 0. The van der Waals surface area contributed by atoms with Crippen LogP contribution in [0.25, 0.3) is 0 Å². The van der Waals surface area contributed by atoms with E-state index in [1.807, 2.05) is 0 Å². The first-order chi connectivity index (χ1) is 7.97. The quantitative estimate of drug-likeness (QED) is 0.698.